The Morgan fingerprint density at radius 2 is 2.06 bits per heavy atom. The van der Waals surface area contributed by atoms with Crippen molar-refractivity contribution in [1.29, 1.82) is 0 Å². The number of nitrogens with one attached hydrogen (secondary N) is 1. The van der Waals surface area contributed by atoms with E-state index in [-0.39, 0.29) is 6.61 Å². The lowest BCUT2D eigenvalue weighted by Gasteiger charge is -2.30. The highest BCUT2D eigenvalue weighted by Gasteiger charge is 2.30. The van der Waals surface area contributed by atoms with Crippen LogP contribution in [0, 0.1) is 0 Å². The number of piperidine rings is 1. The highest BCUT2D eigenvalue weighted by molar-refractivity contribution is 4.87. The van der Waals surface area contributed by atoms with E-state index in [0.717, 1.165) is 19.2 Å². The van der Waals surface area contributed by atoms with Crippen LogP contribution in [0.2, 0.25) is 0 Å². The van der Waals surface area contributed by atoms with Gasteiger partial charge in [-0.15, -0.1) is 0 Å². The smallest absolute Gasteiger partial charge is 0.0698 e. The van der Waals surface area contributed by atoms with E-state index in [1.807, 2.05) is 0 Å². The summed E-state index contributed by atoms with van der Waals surface area (Å²) in [6.07, 6.45) is 6.73. The van der Waals surface area contributed by atoms with Crippen LogP contribution in [0.15, 0.2) is 0 Å². The lowest BCUT2D eigenvalue weighted by molar-refractivity contribution is 0.0686. The van der Waals surface area contributed by atoms with E-state index in [4.69, 9.17) is 9.84 Å². The van der Waals surface area contributed by atoms with Gasteiger partial charge in [0.2, 0.25) is 0 Å². The molecule has 0 radical (unpaired) electrons. The van der Waals surface area contributed by atoms with Gasteiger partial charge in [0.25, 0.3) is 0 Å². The predicted octanol–water partition coefficient (Wildman–Crippen LogP) is 0.602. The molecule has 0 spiro atoms. The van der Waals surface area contributed by atoms with Gasteiger partial charge in [0.15, 0.2) is 0 Å². The Balaban J connectivity index is 1.65. The Hall–Kier alpha value is -0.160. The first-order valence-corrected chi connectivity index (χ1v) is 7.06. The molecule has 1 saturated heterocycles. The molecule has 1 unspecified atom stereocenters. The van der Waals surface area contributed by atoms with E-state index in [9.17, 15) is 0 Å². The zero-order valence-electron chi connectivity index (χ0n) is 10.7. The van der Waals surface area contributed by atoms with Crippen LogP contribution >= 0.6 is 0 Å². The molecule has 1 atom stereocenters. The molecule has 100 valence electrons. The number of nitrogens with zero attached hydrogens (tertiary/aromatic N) is 1. The molecular weight excluding hydrogens is 216 g/mol. The maximum Gasteiger partial charge on any atom is 0.0698 e. The number of rotatable bonds is 8. The van der Waals surface area contributed by atoms with Crippen molar-refractivity contribution in [2.24, 2.45) is 0 Å². The molecule has 0 aromatic rings. The minimum Gasteiger partial charge on any atom is -0.394 e. The van der Waals surface area contributed by atoms with Crippen molar-refractivity contribution in [3.63, 3.8) is 0 Å². The van der Waals surface area contributed by atoms with Gasteiger partial charge in [-0.1, -0.05) is 6.42 Å². The summed E-state index contributed by atoms with van der Waals surface area (Å²) in [6, 6.07) is 1.48. The molecular formula is C13H26N2O2. The van der Waals surface area contributed by atoms with Gasteiger partial charge in [0.05, 0.1) is 19.8 Å². The Kier molecular flexibility index (Phi) is 5.71. The molecule has 1 aliphatic heterocycles. The fraction of sp³-hybridized carbons (Fsp3) is 1.00. The molecule has 4 heteroatoms. The van der Waals surface area contributed by atoms with Crippen molar-refractivity contribution >= 4 is 0 Å². The number of hydrogen-bond acceptors (Lipinski definition) is 4. The van der Waals surface area contributed by atoms with Crippen LogP contribution in [0.5, 0.6) is 0 Å². The number of aliphatic hydroxyl groups is 1. The van der Waals surface area contributed by atoms with Crippen molar-refractivity contribution in [3.05, 3.63) is 0 Å². The van der Waals surface area contributed by atoms with Crippen molar-refractivity contribution in [1.82, 2.24) is 10.2 Å². The normalized spacial score (nSPS) is 25.4. The average Bonchev–Trinajstić information content (AvgIpc) is 3.19. The summed E-state index contributed by atoms with van der Waals surface area (Å²) in [7, 11) is 0. The van der Waals surface area contributed by atoms with Gasteiger partial charge in [-0.25, -0.2) is 0 Å². The summed E-state index contributed by atoms with van der Waals surface area (Å²) < 4.78 is 5.37. The van der Waals surface area contributed by atoms with Crippen LogP contribution in [0.3, 0.4) is 0 Å². The summed E-state index contributed by atoms with van der Waals surface area (Å²) in [6.45, 7) is 4.73. The third-order valence-corrected chi connectivity index (χ3v) is 3.69. The molecule has 2 fully saturated rings. The van der Waals surface area contributed by atoms with Crippen LogP contribution in [-0.2, 0) is 4.74 Å². The van der Waals surface area contributed by atoms with E-state index in [0.29, 0.717) is 12.6 Å². The second kappa shape index (κ2) is 7.31. The van der Waals surface area contributed by atoms with E-state index < -0.39 is 0 Å². The molecule has 2 rings (SSSR count). The summed E-state index contributed by atoms with van der Waals surface area (Å²) in [5, 5.41) is 12.3. The van der Waals surface area contributed by atoms with Crippen LogP contribution in [0.4, 0.5) is 0 Å². The maximum atomic E-state index is 8.67. The highest BCUT2D eigenvalue weighted by Crippen LogP contribution is 2.27. The Morgan fingerprint density at radius 3 is 2.71 bits per heavy atom. The van der Waals surface area contributed by atoms with E-state index in [1.54, 1.807) is 0 Å². The third kappa shape index (κ3) is 4.92. The van der Waals surface area contributed by atoms with Gasteiger partial charge in [0, 0.05) is 25.2 Å². The van der Waals surface area contributed by atoms with Gasteiger partial charge >= 0.3 is 0 Å². The van der Waals surface area contributed by atoms with Crippen molar-refractivity contribution in [2.75, 3.05) is 39.5 Å². The van der Waals surface area contributed by atoms with Crippen LogP contribution < -0.4 is 5.32 Å². The Morgan fingerprint density at radius 1 is 1.18 bits per heavy atom. The van der Waals surface area contributed by atoms with Crippen LogP contribution in [0.25, 0.3) is 0 Å². The second-order valence-corrected chi connectivity index (χ2v) is 5.21. The number of hydrogen-bond donors (Lipinski definition) is 2. The molecule has 0 bridgehead atoms. The Bertz CT molecular complexity index is 204. The minimum atomic E-state index is 0.133. The first-order chi connectivity index (χ1) is 8.40. The molecule has 17 heavy (non-hydrogen) atoms. The van der Waals surface area contributed by atoms with E-state index in [2.05, 4.69) is 10.2 Å². The monoisotopic (exact) mass is 242 g/mol. The predicted molar refractivity (Wildman–Crippen MR) is 68.1 cm³/mol. The van der Waals surface area contributed by atoms with Crippen LogP contribution in [0.1, 0.15) is 32.1 Å². The number of aliphatic hydroxyl groups excluding tert-OH is 1. The third-order valence-electron chi connectivity index (χ3n) is 3.69. The van der Waals surface area contributed by atoms with Crippen molar-refractivity contribution in [3.8, 4) is 0 Å². The fourth-order valence-electron chi connectivity index (χ4n) is 2.57. The first-order valence-electron chi connectivity index (χ1n) is 7.06. The van der Waals surface area contributed by atoms with Gasteiger partial charge in [-0.3, -0.25) is 4.90 Å². The van der Waals surface area contributed by atoms with Gasteiger partial charge in [0.1, 0.15) is 0 Å². The molecule has 0 aromatic heterocycles. The van der Waals surface area contributed by atoms with E-state index in [1.165, 1.54) is 45.2 Å². The summed E-state index contributed by atoms with van der Waals surface area (Å²) in [4.78, 5) is 2.57. The number of ether oxygens (including phenoxy) is 1. The standard InChI is InChI=1S/C13H26N2O2/c16-8-10-17-9-7-15(13-4-5-13)11-12-3-1-2-6-14-12/h12-14,16H,1-11H2. The molecule has 1 aliphatic carbocycles. The second-order valence-electron chi connectivity index (χ2n) is 5.21. The van der Waals surface area contributed by atoms with Crippen molar-refractivity contribution in [2.45, 2.75) is 44.2 Å². The molecule has 2 N–H and O–H groups in total. The summed E-state index contributed by atoms with van der Waals surface area (Å²) in [5.74, 6) is 0. The molecule has 1 saturated carbocycles. The minimum absolute atomic E-state index is 0.133. The zero-order valence-corrected chi connectivity index (χ0v) is 10.7. The lowest BCUT2D eigenvalue weighted by Crippen LogP contribution is -2.45. The summed E-state index contributed by atoms with van der Waals surface area (Å²) in [5.41, 5.74) is 0. The lowest BCUT2D eigenvalue weighted by atomic mass is 10.0. The van der Waals surface area contributed by atoms with Crippen LogP contribution in [-0.4, -0.2) is 61.5 Å². The maximum absolute atomic E-state index is 8.67. The van der Waals surface area contributed by atoms with Gasteiger partial charge in [-0.2, -0.15) is 0 Å². The van der Waals surface area contributed by atoms with Gasteiger partial charge < -0.3 is 15.2 Å². The molecule has 2 aliphatic rings. The van der Waals surface area contributed by atoms with E-state index >= 15 is 0 Å². The van der Waals surface area contributed by atoms with Gasteiger partial charge in [-0.05, 0) is 32.2 Å². The quantitative estimate of drug-likeness (QED) is 0.612. The largest absolute Gasteiger partial charge is 0.394 e. The average molecular weight is 242 g/mol. The molecule has 0 aromatic carbocycles. The Labute approximate surface area is 104 Å². The highest BCUT2D eigenvalue weighted by atomic mass is 16.5. The summed E-state index contributed by atoms with van der Waals surface area (Å²) >= 11 is 0. The molecule has 1 heterocycles. The fourth-order valence-corrected chi connectivity index (χ4v) is 2.57. The topological polar surface area (TPSA) is 44.7 Å². The molecule has 0 amide bonds. The van der Waals surface area contributed by atoms with Crippen molar-refractivity contribution < 1.29 is 9.84 Å². The SMILES string of the molecule is OCCOCCN(CC1CCCCN1)C1CC1. The zero-order chi connectivity index (χ0) is 11.9. The molecule has 4 nitrogen and oxygen atoms in total. The first kappa shape index (κ1) is 13.3.